The molecule has 1 amide bonds. The lowest BCUT2D eigenvalue weighted by Crippen LogP contribution is -2.70. The summed E-state index contributed by atoms with van der Waals surface area (Å²) < 4.78 is 16.9. The van der Waals surface area contributed by atoms with Crippen molar-refractivity contribution in [1.29, 1.82) is 0 Å². The number of quaternary nitrogens is 1. The molecule has 0 unspecified atom stereocenters. The predicted octanol–water partition coefficient (Wildman–Crippen LogP) is -0.509. The van der Waals surface area contributed by atoms with E-state index in [1.54, 1.807) is 19.1 Å². The van der Waals surface area contributed by atoms with Gasteiger partial charge in [0.1, 0.15) is 12.6 Å². The Morgan fingerprint density at radius 3 is 2.64 bits per heavy atom. The molecule has 0 aliphatic carbocycles. The minimum Gasteiger partial charge on any atom is -0.369 e. The number of hydrogen-bond acceptors (Lipinski definition) is 4. The molecule has 22 heavy (non-hydrogen) atoms. The first-order valence-corrected chi connectivity index (χ1v) is 7.71. The van der Waals surface area contributed by atoms with Crippen LogP contribution in [0.3, 0.4) is 0 Å². The van der Waals surface area contributed by atoms with Crippen LogP contribution in [0.1, 0.15) is 20.3 Å². The molecule has 0 saturated carbocycles. The van der Waals surface area contributed by atoms with Crippen molar-refractivity contribution in [2.45, 2.75) is 44.2 Å². The fourth-order valence-corrected chi connectivity index (χ4v) is 3.54. The Hall–Kier alpha value is -1.13. The van der Waals surface area contributed by atoms with Crippen LogP contribution in [-0.4, -0.2) is 62.2 Å². The van der Waals surface area contributed by atoms with Gasteiger partial charge in [0.25, 0.3) is 5.91 Å². The summed E-state index contributed by atoms with van der Waals surface area (Å²) in [6.07, 6.45) is 6.10. The summed E-state index contributed by atoms with van der Waals surface area (Å²) in [5.74, 6) is 2.03. The van der Waals surface area contributed by atoms with Gasteiger partial charge in [0.2, 0.25) is 5.79 Å². The van der Waals surface area contributed by atoms with Crippen molar-refractivity contribution in [1.82, 2.24) is 4.90 Å². The summed E-state index contributed by atoms with van der Waals surface area (Å²) in [5, 5.41) is 0. The van der Waals surface area contributed by atoms with Crippen LogP contribution < -0.4 is 5.73 Å². The molecule has 4 atom stereocenters. The quantitative estimate of drug-likeness (QED) is 0.548. The van der Waals surface area contributed by atoms with Gasteiger partial charge >= 0.3 is 0 Å². The SMILES string of the molecule is C#C[C@@H]1CN(C(=O)[C@@H]([NH3+])CC(C)C)[C@H]2[C@@H]1OCC2(OC)OC. The third kappa shape index (κ3) is 2.74. The fourth-order valence-electron chi connectivity index (χ4n) is 3.54. The molecule has 2 rings (SSSR count). The molecule has 0 bridgehead atoms. The minimum atomic E-state index is -0.955. The fraction of sp³-hybridized carbons (Fsp3) is 0.812. The average molecular weight is 311 g/mol. The van der Waals surface area contributed by atoms with Crippen molar-refractivity contribution in [2.24, 2.45) is 11.8 Å². The number of fused-ring (bicyclic) bond motifs is 1. The van der Waals surface area contributed by atoms with Crippen molar-refractivity contribution in [3.63, 3.8) is 0 Å². The smallest absolute Gasteiger partial charge is 0.281 e. The van der Waals surface area contributed by atoms with Crippen LogP contribution in [-0.2, 0) is 19.0 Å². The lowest BCUT2D eigenvalue weighted by Gasteiger charge is -2.36. The highest BCUT2D eigenvalue weighted by Gasteiger charge is 2.61. The first-order chi connectivity index (χ1) is 10.4. The van der Waals surface area contributed by atoms with Gasteiger partial charge in [-0.3, -0.25) is 4.79 Å². The molecule has 0 aromatic heterocycles. The number of nitrogens with zero attached hydrogens (tertiary/aromatic N) is 1. The van der Waals surface area contributed by atoms with Crippen LogP contribution in [0.4, 0.5) is 0 Å². The Balaban J connectivity index is 2.26. The molecule has 0 radical (unpaired) electrons. The lowest BCUT2D eigenvalue weighted by atomic mass is 9.99. The van der Waals surface area contributed by atoms with E-state index in [1.807, 2.05) is 0 Å². The maximum absolute atomic E-state index is 12.8. The van der Waals surface area contributed by atoms with Crippen molar-refractivity contribution in [3.05, 3.63) is 0 Å². The molecule has 2 fully saturated rings. The Kier molecular flexibility index (Phi) is 5.13. The molecular weight excluding hydrogens is 284 g/mol. The van der Waals surface area contributed by atoms with Crippen molar-refractivity contribution in [2.75, 3.05) is 27.4 Å². The second-order valence-electron chi connectivity index (χ2n) is 6.53. The lowest BCUT2D eigenvalue weighted by molar-refractivity contribution is -0.409. The normalized spacial score (nSPS) is 31.1. The number of terminal acetylenes is 1. The Morgan fingerprint density at radius 2 is 2.14 bits per heavy atom. The summed E-state index contributed by atoms with van der Waals surface area (Å²) in [4.78, 5) is 14.6. The highest BCUT2D eigenvalue weighted by Crippen LogP contribution is 2.41. The molecule has 6 heteroatoms. The molecule has 2 aliphatic heterocycles. The second kappa shape index (κ2) is 6.55. The van der Waals surface area contributed by atoms with Gasteiger partial charge in [-0.15, -0.1) is 6.42 Å². The monoisotopic (exact) mass is 311 g/mol. The number of ether oxygens (including phenoxy) is 3. The number of carbonyl (C=O) groups excluding carboxylic acids is 1. The van der Waals surface area contributed by atoms with Crippen LogP contribution in [0.15, 0.2) is 0 Å². The van der Waals surface area contributed by atoms with E-state index in [2.05, 4.69) is 25.5 Å². The number of carbonyl (C=O) groups is 1. The molecular formula is C16H27N2O4+. The number of rotatable bonds is 5. The number of methoxy groups -OCH3 is 2. The second-order valence-corrected chi connectivity index (χ2v) is 6.53. The van der Waals surface area contributed by atoms with E-state index in [0.29, 0.717) is 12.5 Å². The third-order valence-electron chi connectivity index (χ3n) is 4.66. The van der Waals surface area contributed by atoms with E-state index in [0.717, 1.165) is 6.42 Å². The van der Waals surface area contributed by atoms with E-state index >= 15 is 0 Å². The molecule has 6 nitrogen and oxygen atoms in total. The number of amides is 1. The maximum atomic E-state index is 12.8. The van der Waals surface area contributed by atoms with Crippen LogP contribution >= 0.6 is 0 Å². The van der Waals surface area contributed by atoms with Gasteiger partial charge in [0.05, 0.1) is 12.0 Å². The molecule has 0 spiro atoms. The zero-order chi connectivity index (χ0) is 16.5. The Morgan fingerprint density at radius 1 is 1.50 bits per heavy atom. The Labute approximate surface area is 132 Å². The predicted molar refractivity (Wildman–Crippen MR) is 80.4 cm³/mol. The highest BCUT2D eigenvalue weighted by atomic mass is 16.7. The van der Waals surface area contributed by atoms with E-state index in [-0.39, 0.29) is 36.6 Å². The summed E-state index contributed by atoms with van der Waals surface area (Å²) in [5.41, 5.74) is 4.02. The third-order valence-corrected chi connectivity index (χ3v) is 4.66. The van der Waals surface area contributed by atoms with Crippen LogP contribution in [0, 0.1) is 24.2 Å². The molecule has 124 valence electrons. The zero-order valence-electron chi connectivity index (χ0n) is 13.9. The van der Waals surface area contributed by atoms with Crippen molar-refractivity contribution < 1.29 is 24.7 Å². The van der Waals surface area contributed by atoms with Gasteiger partial charge in [0, 0.05) is 27.2 Å². The molecule has 2 aliphatic rings. The maximum Gasteiger partial charge on any atom is 0.281 e. The molecule has 2 saturated heterocycles. The van der Waals surface area contributed by atoms with Crippen molar-refractivity contribution in [3.8, 4) is 12.3 Å². The molecule has 0 aromatic carbocycles. The minimum absolute atomic E-state index is 0.00887. The van der Waals surface area contributed by atoms with Crippen molar-refractivity contribution >= 4 is 5.91 Å². The molecule has 2 heterocycles. The standard InChI is InChI=1S/C16H26N2O4/c1-6-11-8-18(15(19)12(17)7-10(2)3)14-13(11)22-9-16(14,20-4)21-5/h1,10-14H,7-9,17H2,2-5H3/p+1/t11-,12+,13-,14+/m1/s1. The summed E-state index contributed by atoms with van der Waals surface area (Å²) in [7, 11) is 3.13. The van der Waals surface area contributed by atoms with Gasteiger partial charge in [0.15, 0.2) is 6.04 Å². The van der Waals surface area contributed by atoms with E-state index < -0.39 is 5.79 Å². The summed E-state index contributed by atoms with van der Waals surface area (Å²) in [6.45, 7) is 4.89. The zero-order valence-corrected chi connectivity index (χ0v) is 13.9. The average Bonchev–Trinajstić information content (AvgIpc) is 3.04. The molecule has 3 N–H and O–H groups in total. The summed E-state index contributed by atoms with van der Waals surface area (Å²) >= 11 is 0. The van der Waals surface area contributed by atoms with Gasteiger partial charge in [-0.2, -0.15) is 0 Å². The topological polar surface area (TPSA) is 75.6 Å². The summed E-state index contributed by atoms with van der Waals surface area (Å²) in [6, 6.07) is -0.628. The van der Waals surface area contributed by atoms with E-state index in [1.165, 1.54) is 0 Å². The number of likely N-dealkylation sites (tertiary alicyclic amines) is 1. The Bertz CT molecular complexity index is 456. The first-order valence-electron chi connectivity index (χ1n) is 7.71. The van der Waals surface area contributed by atoms with Crippen LogP contribution in [0.25, 0.3) is 0 Å². The van der Waals surface area contributed by atoms with Gasteiger partial charge < -0.3 is 24.8 Å². The van der Waals surface area contributed by atoms with Crippen LogP contribution in [0.2, 0.25) is 0 Å². The van der Waals surface area contributed by atoms with E-state index in [4.69, 9.17) is 20.6 Å². The molecule has 0 aromatic rings. The number of hydrogen-bond donors (Lipinski definition) is 1. The van der Waals surface area contributed by atoms with Gasteiger partial charge in [-0.1, -0.05) is 19.8 Å². The largest absolute Gasteiger partial charge is 0.369 e. The first kappa shape index (κ1) is 17.2. The highest BCUT2D eigenvalue weighted by molar-refractivity contribution is 5.81. The van der Waals surface area contributed by atoms with E-state index in [9.17, 15) is 4.79 Å². The van der Waals surface area contributed by atoms with Gasteiger partial charge in [-0.25, -0.2) is 0 Å². The van der Waals surface area contributed by atoms with Crippen LogP contribution in [0.5, 0.6) is 0 Å². The van der Waals surface area contributed by atoms with Gasteiger partial charge in [-0.05, 0) is 5.92 Å².